The van der Waals surface area contributed by atoms with Crippen LogP contribution in [0.5, 0.6) is 5.75 Å². The molecule has 0 radical (unpaired) electrons. The topological polar surface area (TPSA) is 66.8 Å². The van der Waals surface area contributed by atoms with E-state index in [4.69, 9.17) is 9.79 Å². The van der Waals surface area contributed by atoms with Crippen molar-refractivity contribution in [3.05, 3.63) is 29.8 Å². The Morgan fingerprint density at radius 2 is 1.67 bits per heavy atom. The van der Waals surface area contributed by atoms with Crippen molar-refractivity contribution in [2.45, 2.75) is 64.7 Å². The van der Waals surface area contributed by atoms with Gasteiger partial charge in [0.15, 0.2) is 0 Å². The van der Waals surface area contributed by atoms with Crippen molar-refractivity contribution in [2.24, 2.45) is 0 Å². The van der Waals surface area contributed by atoms with Gasteiger partial charge in [0, 0.05) is 0 Å². The van der Waals surface area contributed by atoms with E-state index < -0.39 is 7.82 Å². The Morgan fingerprint density at radius 1 is 1.00 bits per heavy atom. The van der Waals surface area contributed by atoms with Gasteiger partial charge in [-0.05, 0) is 36.5 Å². The zero-order valence-corrected chi connectivity index (χ0v) is 13.9. The molecule has 0 aliphatic heterocycles. The zero-order valence-electron chi connectivity index (χ0n) is 13.0. The minimum absolute atomic E-state index is 0.216. The van der Waals surface area contributed by atoms with Gasteiger partial charge in [-0.15, -0.1) is 0 Å². The van der Waals surface area contributed by atoms with Crippen LogP contribution in [-0.2, 0) is 4.57 Å². The first-order valence-corrected chi connectivity index (χ1v) is 9.34. The fraction of sp³-hybridized carbons (Fsp3) is 0.625. The fourth-order valence-corrected chi connectivity index (χ4v) is 2.98. The Hall–Kier alpha value is -0.830. The minimum Gasteiger partial charge on any atom is -0.404 e. The lowest BCUT2D eigenvalue weighted by Gasteiger charge is -2.17. The number of phosphoric acid groups is 1. The predicted molar refractivity (Wildman–Crippen MR) is 85.5 cm³/mol. The number of rotatable bonds is 10. The Morgan fingerprint density at radius 3 is 2.19 bits per heavy atom. The summed E-state index contributed by atoms with van der Waals surface area (Å²) in [5.74, 6) is 0.740. The van der Waals surface area contributed by atoms with Gasteiger partial charge >= 0.3 is 7.82 Å². The summed E-state index contributed by atoms with van der Waals surface area (Å²) in [6, 6.07) is 7.13. The van der Waals surface area contributed by atoms with Gasteiger partial charge in [0.05, 0.1) is 0 Å². The normalized spacial score (nSPS) is 13.1. The second-order valence-electron chi connectivity index (χ2n) is 5.49. The smallest absolute Gasteiger partial charge is 0.404 e. The summed E-state index contributed by atoms with van der Waals surface area (Å²) in [6.07, 6.45) is 8.49. The Labute approximate surface area is 127 Å². The quantitative estimate of drug-likeness (QED) is 0.470. The molecule has 5 heteroatoms. The maximum atomic E-state index is 10.8. The number of hydrogen-bond acceptors (Lipinski definition) is 2. The summed E-state index contributed by atoms with van der Waals surface area (Å²) in [6.45, 7) is 4.40. The largest absolute Gasteiger partial charge is 0.524 e. The van der Waals surface area contributed by atoms with Crippen molar-refractivity contribution in [3.63, 3.8) is 0 Å². The fourth-order valence-electron chi connectivity index (χ4n) is 2.58. The molecule has 0 saturated carbocycles. The van der Waals surface area contributed by atoms with Crippen LogP contribution in [0.25, 0.3) is 0 Å². The standard InChI is InChI=1S/C16H27O4P/c1-3-5-6-7-9-14(8-4-2)15-10-12-16(13-11-15)20-21(17,18)19/h10-14H,3-9H2,1-2H3,(H2,17,18,19). The van der Waals surface area contributed by atoms with E-state index in [1.54, 1.807) is 12.1 Å². The average Bonchev–Trinajstić information content (AvgIpc) is 2.41. The molecule has 120 valence electrons. The summed E-state index contributed by atoms with van der Waals surface area (Å²) in [5.41, 5.74) is 1.23. The van der Waals surface area contributed by atoms with Crippen LogP contribution in [0.3, 0.4) is 0 Å². The summed E-state index contributed by atoms with van der Waals surface area (Å²) < 4.78 is 15.4. The van der Waals surface area contributed by atoms with Crippen molar-refractivity contribution < 1.29 is 18.9 Å². The summed E-state index contributed by atoms with van der Waals surface area (Å²) in [7, 11) is -4.46. The predicted octanol–water partition coefficient (Wildman–Crippen LogP) is 5.01. The molecule has 0 fully saturated rings. The molecular formula is C16H27O4P. The SMILES string of the molecule is CCCCCCC(CCC)c1ccc(OP(=O)(O)O)cc1. The van der Waals surface area contributed by atoms with Crippen LogP contribution in [0.15, 0.2) is 24.3 Å². The van der Waals surface area contributed by atoms with Crippen molar-refractivity contribution in [2.75, 3.05) is 0 Å². The summed E-state index contributed by atoms with van der Waals surface area (Å²) in [5, 5.41) is 0. The highest BCUT2D eigenvalue weighted by Gasteiger charge is 2.16. The van der Waals surface area contributed by atoms with Crippen LogP contribution in [0.4, 0.5) is 0 Å². The van der Waals surface area contributed by atoms with Crippen molar-refractivity contribution >= 4 is 7.82 Å². The van der Waals surface area contributed by atoms with Crippen LogP contribution in [-0.4, -0.2) is 9.79 Å². The monoisotopic (exact) mass is 314 g/mol. The van der Waals surface area contributed by atoms with Crippen LogP contribution in [0.2, 0.25) is 0 Å². The van der Waals surface area contributed by atoms with Gasteiger partial charge in [0.1, 0.15) is 5.75 Å². The van der Waals surface area contributed by atoms with E-state index in [1.807, 2.05) is 12.1 Å². The number of phosphoric ester groups is 1. The molecule has 2 N–H and O–H groups in total. The van der Waals surface area contributed by atoms with E-state index >= 15 is 0 Å². The summed E-state index contributed by atoms with van der Waals surface area (Å²) in [4.78, 5) is 17.6. The first kappa shape index (κ1) is 18.2. The highest BCUT2D eigenvalue weighted by Crippen LogP contribution is 2.38. The third-order valence-electron chi connectivity index (χ3n) is 3.62. The first-order chi connectivity index (χ1) is 9.96. The molecule has 0 saturated heterocycles. The second kappa shape index (κ2) is 9.24. The van der Waals surface area contributed by atoms with Crippen LogP contribution in [0, 0.1) is 0 Å². The van der Waals surface area contributed by atoms with Crippen LogP contribution < -0.4 is 4.52 Å². The molecule has 1 aromatic carbocycles. The van der Waals surface area contributed by atoms with Crippen molar-refractivity contribution in [1.29, 1.82) is 0 Å². The molecule has 0 aliphatic rings. The van der Waals surface area contributed by atoms with Gasteiger partial charge in [-0.25, -0.2) is 4.57 Å². The number of benzene rings is 1. The van der Waals surface area contributed by atoms with E-state index in [1.165, 1.54) is 37.7 Å². The third kappa shape index (κ3) is 7.66. The van der Waals surface area contributed by atoms with Gasteiger partial charge in [0.2, 0.25) is 0 Å². The highest BCUT2D eigenvalue weighted by molar-refractivity contribution is 7.46. The van der Waals surface area contributed by atoms with E-state index in [-0.39, 0.29) is 5.75 Å². The Kier molecular flexibility index (Phi) is 8.02. The highest BCUT2D eigenvalue weighted by atomic mass is 31.2. The second-order valence-corrected chi connectivity index (χ2v) is 6.65. The van der Waals surface area contributed by atoms with Gasteiger partial charge in [-0.3, -0.25) is 9.79 Å². The third-order valence-corrected chi connectivity index (χ3v) is 4.07. The molecular weight excluding hydrogens is 287 g/mol. The molecule has 0 aliphatic carbocycles. The first-order valence-electron chi connectivity index (χ1n) is 7.81. The van der Waals surface area contributed by atoms with Gasteiger partial charge in [-0.1, -0.05) is 58.1 Å². The van der Waals surface area contributed by atoms with Gasteiger partial charge < -0.3 is 4.52 Å². The molecule has 21 heavy (non-hydrogen) atoms. The summed E-state index contributed by atoms with van der Waals surface area (Å²) >= 11 is 0. The van der Waals surface area contributed by atoms with Crippen LogP contribution in [0.1, 0.15) is 70.3 Å². The van der Waals surface area contributed by atoms with Crippen molar-refractivity contribution in [3.8, 4) is 5.75 Å². The minimum atomic E-state index is -4.46. The molecule has 1 aromatic rings. The lowest BCUT2D eigenvalue weighted by Crippen LogP contribution is -1.99. The van der Waals surface area contributed by atoms with Crippen LogP contribution >= 0.6 is 7.82 Å². The molecule has 1 rings (SSSR count). The van der Waals surface area contributed by atoms with E-state index in [2.05, 4.69) is 18.4 Å². The van der Waals surface area contributed by atoms with Gasteiger partial charge in [0.25, 0.3) is 0 Å². The molecule has 0 heterocycles. The van der Waals surface area contributed by atoms with E-state index in [0.29, 0.717) is 5.92 Å². The van der Waals surface area contributed by atoms with Crippen molar-refractivity contribution in [1.82, 2.24) is 0 Å². The maximum Gasteiger partial charge on any atom is 0.524 e. The lowest BCUT2D eigenvalue weighted by molar-refractivity contribution is 0.283. The van der Waals surface area contributed by atoms with E-state index in [9.17, 15) is 4.57 Å². The Balaban J connectivity index is 2.63. The molecule has 4 nitrogen and oxygen atoms in total. The van der Waals surface area contributed by atoms with Gasteiger partial charge in [-0.2, -0.15) is 0 Å². The number of hydrogen-bond donors (Lipinski definition) is 2. The molecule has 1 unspecified atom stereocenters. The zero-order chi connectivity index (χ0) is 15.7. The van der Waals surface area contributed by atoms with E-state index in [0.717, 1.165) is 12.8 Å². The number of unbranched alkanes of at least 4 members (excludes halogenated alkanes) is 3. The molecule has 0 bridgehead atoms. The molecule has 1 atom stereocenters. The Bertz CT molecular complexity index is 438. The lowest BCUT2D eigenvalue weighted by atomic mass is 9.89. The molecule has 0 aromatic heterocycles. The average molecular weight is 314 g/mol. The molecule has 0 spiro atoms. The maximum absolute atomic E-state index is 10.8. The molecule has 0 amide bonds.